The van der Waals surface area contributed by atoms with Crippen LogP contribution in [0, 0.1) is 0 Å². The van der Waals surface area contributed by atoms with E-state index in [1.807, 2.05) is 27.0 Å². The molecule has 0 radical (unpaired) electrons. The lowest BCUT2D eigenvalue weighted by Crippen LogP contribution is -1.94. The molecule has 0 aromatic heterocycles. The summed E-state index contributed by atoms with van der Waals surface area (Å²) in [6.45, 7) is 8.25. The van der Waals surface area contributed by atoms with Crippen LogP contribution in [0.5, 0.6) is 0 Å². The zero-order chi connectivity index (χ0) is 8.85. The molecule has 0 spiro atoms. The van der Waals surface area contributed by atoms with Gasteiger partial charge in [-0.15, -0.1) is 0 Å². The number of hydrogen-bond acceptors (Lipinski definition) is 1. The molecule has 0 saturated heterocycles. The van der Waals surface area contributed by atoms with Crippen LogP contribution in [-0.4, -0.2) is 12.8 Å². The molecule has 1 nitrogen and oxygen atoms in total. The van der Waals surface area contributed by atoms with Gasteiger partial charge in [0.1, 0.15) is 0 Å². The first-order chi connectivity index (χ1) is 5.13. The van der Waals surface area contributed by atoms with Crippen molar-refractivity contribution in [3.8, 4) is 0 Å². The Morgan fingerprint density at radius 3 is 2.09 bits per heavy atom. The molecule has 11 heavy (non-hydrogen) atoms. The highest BCUT2D eigenvalue weighted by Gasteiger charge is 1.95. The van der Waals surface area contributed by atoms with E-state index < -0.39 is 0 Å². The largest absolute Gasteiger partial charge is 0.293 e. The summed E-state index contributed by atoms with van der Waals surface area (Å²) in [5, 5.41) is 0. The molecule has 0 heterocycles. The Morgan fingerprint density at radius 1 is 1.18 bits per heavy atom. The molecule has 0 aliphatic carbocycles. The summed E-state index contributed by atoms with van der Waals surface area (Å²) in [4.78, 5) is 4.12. The zero-order valence-electron chi connectivity index (χ0n) is 8.10. The van der Waals surface area contributed by atoms with Crippen molar-refractivity contribution >= 4 is 5.71 Å². The average molecular weight is 151 g/mol. The van der Waals surface area contributed by atoms with Crippen molar-refractivity contribution in [2.24, 2.45) is 4.99 Å². The van der Waals surface area contributed by atoms with Crippen LogP contribution >= 0.6 is 0 Å². The Balaban J connectivity index is 4.66. The van der Waals surface area contributed by atoms with Crippen molar-refractivity contribution in [3.63, 3.8) is 0 Å². The minimum atomic E-state index is 1.11. The van der Waals surface area contributed by atoms with Crippen LogP contribution in [0.4, 0.5) is 0 Å². The summed E-state index contributed by atoms with van der Waals surface area (Å²) >= 11 is 0. The summed E-state index contributed by atoms with van der Waals surface area (Å²) in [7, 11) is 1.82. The van der Waals surface area contributed by atoms with Gasteiger partial charge in [-0.2, -0.15) is 0 Å². The van der Waals surface area contributed by atoms with Crippen LogP contribution in [0.25, 0.3) is 0 Å². The fourth-order valence-electron chi connectivity index (χ4n) is 0.828. The third-order valence-electron chi connectivity index (χ3n) is 1.89. The maximum atomic E-state index is 4.12. The van der Waals surface area contributed by atoms with E-state index in [2.05, 4.69) is 24.9 Å². The second-order valence-electron chi connectivity index (χ2n) is 2.62. The van der Waals surface area contributed by atoms with E-state index in [1.165, 1.54) is 11.1 Å². The highest BCUT2D eigenvalue weighted by atomic mass is 14.7. The van der Waals surface area contributed by atoms with Gasteiger partial charge >= 0.3 is 0 Å². The Morgan fingerprint density at radius 2 is 1.73 bits per heavy atom. The van der Waals surface area contributed by atoms with Gasteiger partial charge < -0.3 is 0 Å². The monoisotopic (exact) mass is 151 g/mol. The number of rotatable bonds is 2. The third kappa shape index (κ3) is 3.17. The predicted octanol–water partition coefficient (Wildman–Crippen LogP) is 2.99. The summed E-state index contributed by atoms with van der Waals surface area (Å²) in [6, 6.07) is 0. The van der Waals surface area contributed by atoms with Gasteiger partial charge in [-0.1, -0.05) is 12.2 Å². The molecule has 0 aliphatic rings. The average Bonchev–Trinajstić information content (AvgIpc) is 2.02. The SMILES string of the molecule is C/C=C\C(C)=C(\C)C(C)=NC. The second kappa shape index (κ2) is 4.89. The quantitative estimate of drug-likeness (QED) is 0.425. The van der Waals surface area contributed by atoms with E-state index in [-0.39, 0.29) is 0 Å². The topological polar surface area (TPSA) is 12.4 Å². The van der Waals surface area contributed by atoms with Gasteiger partial charge in [0.25, 0.3) is 0 Å². The first-order valence-corrected chi connectivity index (χ1v) is 3.87. The van der Waals surface area contributed by atoms with E-state index in [1.54, 1.807) is 0 Å². The fourth-order valence-corrected chi connectivity index (χ4v) is 0.828. The van der Waals surface area contributed by atoms with Crippen LogP contribution in [0.1, 0.15) is 27.7 Å². The normalized spacial score (nSPS) is 15.5. The molecule has 0 aliphatic heterocycles. The molecule has 62 valence electrons. The first-order valence-electron chi connectivity index (χ1n) is 3.87. The van der Waals surface area contributed by atoms with Crippen molar-refractivity contribution in [1.29, 1.82) is 0 Å². The molecule has 0 atom stereocenters. The Kier molecular flexibility index (Phi) is 4.51. The molecule has 0 aromatic rings. The van der Waals surface area contributed by atoms with E-state index in [4.69, 9.17) is 0 Å². The highest BCUT2D eigenvalue weighted by Crippen LogP contribution is 2.06. The lowest BCUT2D eigenvalue weighted by molar-refractivity contribution is 1.34. The smallest absolute Gasteiger partial charge is 0.0345 e. The van der Waals surface area contributed by atoms with Crippen molar-refractivity contribution in [2.75, 3.05) is 7.05 Å². The molecular weight excluding hydrogens is 134 g/mol. The summed E-state index contributed by atoms with van der Waals surface area (Å²) < 4.78 is 0. The molecule has 0 amide bonds. The van der Waals surface area contributed by atoms with Crippen LogP contribution in [-0.2, 0) is 0 Å². The van der Waals surface area contributed by atoms with Crippen LogP contribution in [0.15, 0.2) is 28.3 Å². The third-order valence-corrected chi connectivity index (χ3v) is 1.89. The maximum absolute atomic E-state index is 4.12. The Labute approximate surface area is 69.5 Å². The number of nitrogens with zero attached hydrogens (tertiary/aromatic N) is 1. The first kappa shape index (κ1) is 10.2. The van der Waals surface area contributed by atoms with Gasteiger partial charge in [0.15, 0.2) is 0 Å². The molecule has 0 rings (SSSR count). The molecule has 0 N–H and O–H groups in total. The zero-order valence-corrected chi connectivity index (χ0v) is 8.10. The van der Waals surface area contributed by atoms with Gasteiger partial charge in [0, 0.05) is 12.8 Å². The van der Waals surface area contributed by atoms with Gasteiger partial charge in [-0.3, -0.25) is 4.99 Å². The van der Waals surface area contributed by atoms with E-state index in [9.17, 15) is 0 Å². The van der Waals surface area contributed by atoms with Gasteiger partial charge in [-0.25, -0.2) is 0 Å². The molecule has 0 aromatic carbocycles. The fraction of sp³-hybridized carbons (Fsp3) is 0.500. The lowest BCUT2D eigenvalue weighted by Gasteiger charge is -2.01. The maximum Gasteiger partial charge on any atom is 0.0345 e. The van der Waals surface area contributed by atoms with E-state index in [0.29, 0.717) is 0 Å². The van der Waals surface area contributed by atoms with Crippen molar-refractivity contribution in [3.05, 3.63) is 23.3 Å². The van der Waals surface area contributed by atoms with E-state index >= 15 is 0 Å². The number of hydrogen-bond donors (Lipinski definition) is 0. The molecule has 0 saturated carbocycles. The molecule has 0 unspecified atom stereocenters. The van der Waals surface area contributed by atoms with Gasteiger partial charge in [0.2, 0.25) is 0 Å². The molecule has 0 bridgehead atoms. The van der Waals surface area contributed by atoms with Crippen LogP contribution < -0.4 is 0 Å². The Hall–Kier alpha value is -0.850. The summed E-state index contributed by atoms with van der Waals surface area (Å²) in [5.41, 5.74) is 3.67. The number of allylic oxidation sites excluding steroid dienone is 4. The molecule has 0 fully saturated rings. The standard InChI is InChI=1S/C10H17N/c1-6-7-8(2)9(3)10(4)11-5/h6-7H,1-5H3/b7-6-,9-8-,11-10?. The highest BCUT2D eigenvalue weighted by molar-refractivity contribution is 5.98. The molecular formula is C10H17N. The summed E-state index contributed by atoms with van der Waals surface area (Å²) in [6.07, 6.45) is 4.14. The van der Waals surface area contributed by atoms with Crippen LogP contribution in [0.2, 0.25) is 0 Å². The lowest BCUT2D eigenvalue weighted by atomic mass is 10.1. The van der Waals surface area contributed by atoms with Crippen molar-refractivity contribution in [1.82, 2.24) is 0 Å². The Bertz CT molecular complexity index is 207. The van der Waals surface area contributed by atoms with Crippen LogP contribution in [0.3, 0.4) is 0 Å². The molecule has 1 heteroatoms. The second-order valence-corrected chi connectivity index (χ2v) is 2.62. The van der Waals surface area contributed by atoms with Crippen molar-refractivity contribution in [2.45, 2.75) is 27.7 Å². The number of aliphatic imine (C=N–C) groups is 1. The predicted molar refractivity (Wildman–Crippen MR) is 52.2 cm³/mol. The van der Waals surface area contributed by atoms with Crippen molar-refractivity contribution < 1.29 is 0 Å². The minimum Gasteiger partial charge on any atom is -0.293 e. The summed E-state index contributed by atoms with van der Waals surface area (Å²) in [5.74, 6) is 0. The van der Waals surface area contributed by atoms with Gasteiger partial charge in [-0.05, 0) is 38.8 Å². The van der Waals surface area contributed by atoms with Gasteiger partial charge in [0.05, 0.1) is 0 Å². The van der Waals surface area contributed by atoms with E-state index in [0.717, 1.165) is 5.71 Å². The minimum absolute atomic E-state index is 1.11.